The van der Waals surface area contributed by atoms with Crippen LogP contribution in [0.15, 0.2) is 33.9 Å². The predicted octanol–water partition coefficient (Wildman–Crippen LogP) is -0.270. The molecule has 7 nitrogen and oxygen atoms in total. The third kappa shape index (κ3) is 1.30. The Kier molecular flexibility index (Phi) is 1.86. The van der Waals surface area contributed by atoms with Gasteiger partial charge in [0.25, 0.3) is 0 Å². The van der Waals surface area contributed by atoms with Gasteiger partial charge in [0.1, 0.15) is 5.52 Å². The van der Waals surface area contributed by atoms with Gasteiger partial charge >= 0.3 is 11.1 Å². The lowest BCUT2D eigenvalue weighted by Crippen LogP contribution is -2.39. The van der Waals surface area contributed by atoms with Crippen LogP contribution in [0.1, 0.15) is 0 Å². The fourth-order valence-electron chi connectivity index (χ4n) is 1.31. The molecule has 0 spiro atoms. The maximum atomic E-state index is 11.2. The fraction of sp³-hybridized carbons (Fsp3) is 0. The van der Waals surface area contributed by atoms with Gasteiger partial charge in [-0.05, 0) is 16.8 Å². The minimum atomic E-state index is -1.20. The smallest absolute Gasteiger partial charge is 0.315 e. The summed E-state index contributed by atoms with van der Waals surface area (Å²) in [6.07, 6.45) is 0. The van der Waals surface area contributed by atoms with Crippen molar-refractivity contribution in [2.45, 2.75) is 0 Å². The largest absolute Gasteiger partial charge is 0.377 e. The molecule has 0 aliphatic carbocycles. The molecular weight excluding hydrogens is 202 g/mol. The molecule has 1 aromatic carbocycles. The Morgan fingerprint density at radius 3 is 2.60 bits per heavy atom. The molecule has 0 saturated carbocycles. The molecular formula is C8H5N3O4. The number of hydrogen-bond acceptors (Lipinski definition) is 4. The number of nitrogens with one attached hydrogen (secondary N) is 1. The second-order valence-corrected chi connectivity index (χ2v) is 2.83. The molecule has 0 atom stereocenters. The van der Waals surface area contributed by atoms with Crippen LogP contribution in [0, 0.1) is 10.1 Å². The van der Waals surface area contributed by atoms with Gasteiger partial charge in [-0.25, -0.2) is 10.1 Å². The SMILES string of the molecule is O=c1[nH]c2ccccc2n([N+](=O)[O-])c1=O. The van der Waals surface area contributed by atoms with Crippen molar-refractivity contribution in [3.05, 3.63) is 55.1 Å². The number of aromatic amines is 1. The van der Waals surface area contributed by atoms with E-state index in [0.29, 0.717) is 0 Å². The highest BCUT2D eigenvalue weighted by Gasteiger charge is 2.14. The Bertz CT molecular complexity index is 655. The zero-order chi connectivity index (χ0) is 11.0. The lowest BCUT2D eigenvalue weighted by Gasteiger charge is -1.99. The summed E-state index contributed by atoms with van der Waals surface area (Å²) in [6.45, 7) is 0. The van der Waals surface area contributed by atoms with E-state index in [1.165, 1.54) is 12.1 Å². The van der Waals surface area contributed by atoms with Gasteiger partial charge in [0, 0.05) is 0 Å². The molecule has 2 rings (SSSR count). The van der Waals surface area contributed by atoms with Crippen molar-refractivity contribution in [1.29, 1.82) is 0 Å². The summed E-state index contributed by atoms with van der Waals surface area (Å²) in [5.74, 6) is 0. The average molecular weight is 207 g/mol. The minimum absolute atomic E-state index is 0.0621. The highest BCUT2D eigenvalue weighted by Crippen LogP contribution is 2.05. The Morgan fingerprint density at radius 2 is 1.93 bits per heavy atom. The zero-order valence-electron chi connectivity index (χ0n) is 7.34. The number of hydrogen-bond donors (Lipinski definition) is 1. The molecule has 1 N–H and O–H groups in total. The molecule has 0 radical (unpaired) electrons. The summed E-state index contributed by atoms with van der Waals surface area (Å²) in [4.78, 5) is 35.1. The van der Waals surface area contributed by atoms with Crippen molar-refractivity contribution in [2.24, 2.45) is 0 Å². The summed E-state index contributed by atoms with van der Waals surface area (Å²) in [5, 5.41) is 9.69. The van der Waals surface area contributed by atoms with Crippen LogP contribution in [0.25, 0.3) is 11.0 Å². The Hall–Kier alpha value is -2.44. The Labute approximate surface area is 81.7 Å². The number of nitrogens with zero attached hydrogens (tertiary/aromatic N) is 2. The van der Waals surface area contributed by atoms with E-state index < -0.39 is 16.2 Å². The standard InChI is InChI=1S/C8H5N3O4/c12-7-8(13)10(11(14)15)6-4-2-1-3-5(6)9-7/h1-4H,(H,9,12). The number of benzene rings is 1. The number of nitro groups is 1. The number of fused-ring (bicyclic) bond motifs is 1. The van der Waals surface area contributed by atoms with E-state index in [1.807, 2.05) is 0 Å². The van der Waals surface area contributed by atoms with Crippen LogP contribution in [0.3, 0.4) is 0 Å². The van der Waals surface area contributed by atoms with E-state index in [2.05, 4.69) is 4.98 Å². The van der Waals surface area contributed by atoms with Gasteiger partial charge in [-0.1, -0.05) is 12.1 Å². The van der Waals surface area contributed by atoms with Gasteiger partial charge in [-0.3, -0.25) is 9.59 Å². The molecule has 0 amide bonds. The molecule has 0 aliphatic heterocycles. The van der Waals surface area contributed by atoms with Crippen molar-refractivity contribution in [3.8, 4) is 0 Å². The van der Waals surface area contributed by atoms with Crippen molar-refractivity contribution >= 4 is 11.0 Å². The summed E-state index contributed by atoms with van der Waals surface area (Å²) < 4.78 is 0.230. The van der Waals surface area contributed by atoms with Gasteiger partial charge in [-0.2, -0.15) is 0 Å². The molecule has 15 heavy (non-hydrogen) atoms. The van der Waals surface area contributed by atoms with Gasteiger partial charge in [0.2, 0.25) is 0 Å². The van der Waals surface area contributed by atoms with Crippen molar-refractivity contribution in [3.63, 3.8) is 0 Å². The van der Waals surface area contributed by atoms with E-state index >= 15 is 0 Å². The van der Waals surface area contributed by atoms with Crippen molar-refractivity contribution in [2.75, 3.05) is 0 Å². The number of H-pyrrole nitrogens is 1. The van der Waals surface area contributed by atoms with E-state index in [0.717, 1.165) is 0 Å². The first-order chi connectivity index (χ1) is 7.11. The molecule has 0 unspecified atom stereocenters. The number of rotatable bonds is 1. The molecule has 2 aromatic rings. The van der Waals surface area contributed by atoms with Crippen molar-refractivity contribution < 1.29 is 5.03 Å². The Morgan fingerprint density at radius 1 is 1.27 bits per heavy atom. The quantitative estimate of drug-likeness (QED) is 0.395. The fourth-order valence-corrected chi connectivity index (χ4v) is 1.31. The van der Waals surface area contributed by atoms with Crippen LogP contribution in [-0.4, -0.2) is 14.7 Å². The molecule has 0 aliphatic rings. The predicted molar refractivity (Wildman–Crippen MR) is 51.2 cm³/mol. The van der Waals surface area contributed by atoms with Crippen LogP contribution < -0.4 is 11.1 Å². The number of aromatic nitrogens is 2. The van der Waals surface area contributed by atoms with Crippen LogP contribution in [-0.2, 0) is 0 Å². The molecule has 1 aromatic heterocycles. The summed E-state index contributed by atoms with van der Waals surface area (Å²) >= 11 is 0. The average Bonchev–Trinajstić information content (AvgIpc) is 2.19. The van der Waals surface area contributed by atoms with Crippen LogP contribution >= 0.6 is 0 Å². The normalized spacial score (nSPS) is 10.4. The summed E-state index contributed by atoms with van der Waals surface area (Å²) in [5.41, 5.74) is -1.89. The zero-order valence-corrected chi connectivity index (χ0v) is 7.34. The van der Waals surface area contributed by atoms with E-state index in [9.17, 15) is 19.7 Å². The molecule has 7 heteroatoms. The highest BCUT2D eigenvalue weighted by atomic mass is 16.7. The third-order valence-electron chi connectivity index (χ3n) is 1.93. The van der Waals surface area contributed by atoms with Gasteiger partial charge < -0.3 is 4.98 Å². The molecule has 0 fully saturated rings. The molecule has 76 valence electrons. The van der Waals surface area contributed by atoms with Crippen LogP contribution in [0.4, 0.5) is 0 Å². The summed E-state index contributed by atoms with van der Waals surface area (Å²) in [7, 11) is 0. The van der Waals surface area contributed by atoms with Gasteiger partial charge in [-0.15, -0.1) is 0 Å². The lowest BCUT2D eigenvalue weighted by atomic mass is 10.3. The summed E-state index contributed by atoms with van der Waals surface area (Å²) in [6, 6.07) is 6.01. The third-order valence-corrected chi connectivity index (χ3v) is 1.93. The molecule has 0 saturated heterocycles. The number of para-hydroxylation sites is 2. The monoisotopic (exact) mass is 207 g/mol. The first kappa shape index (κ1) is 9.13. The molecule has 1 heterocycles. The van der Waals surface area contributed by atoms with Gasteiger partial charge in [0.05, 0.1) is 5.52 Å². The maximum Gasteiger partial charge on any atom is 0.377 e. The maximum absolute atomic E-state index is 11.2. The van der Waals surface area contributed by atoms with E-state index in [-0.39, 0.29) is 15.7 Å². The minimum Gasteiger partial charge on any atom is -0.315 e. The highest BCUT2D eigenvalue weighted by molar-refractivity contribution is 5.73. The van der Waals surface area contributed by atoms with E-state index in [4.69, 9.17) is 0 Å². The van der Waals surface area contributed by atoms with Crippen LogP contribution in [0.2, 0.25) is 0 Å². The first-order valence-corrected chi connectivity index (χ1v) is 4.00. The topological polar surface area (TPSA) is 98.0 Å². The first-order valence-electron chi connectivity index (χ1n) is 4.00. The molecule has 0 bridgehead atoms. The lowest BCUT2D eigenvalue weighted by molar-refractivity contribution is -0.540. The van der Waals surface area contributed by atoms with Crippen molar-refractivity contribution in [1.82, 2.24) is 9.66 Å². The van der Waals surface area contributed by atoms with E-state index in [1.54, 1.807) is 12.1 Å². The van der Waals surface area contributed by atoms with Gasteiger partial charge in [0.15, 0.2) is 5.03 Å². The second-order valence-electron chi connectivity index (χ2n) is 2.83. The second kappa shape index (κ2) is 3.05. The Balaban J connectivity index is 3.09. The van der Waals surface area contributed by atoms with Crippen LogP contribution in [0.5, 0.6) is 0 Å².